The van der Waals surface area contributed by atoms with E-state index in [1.54, 1.807) is 24.3 Å². The lowest BCUT2D eigenvalue weighted by Crippen LogP contribution is -2.16. The van der Waals surface area contributed by atoms with Gasteiger partial charge in [-0.25, -0.2) is 17.9 Å². The molecule has 0 fully saturated rings. The topological polar surface area (TPSA) is 89.3 Å². The van der Waals surface area contributed by atoms with E-state index >= 15 is 0 Å². The van der Waals surface area contributed by atoms with Crippen molar-refractivity contribution in [1.29, 1.82) is 0 Å². The Hall–Kier alpha value is -1.52. The van der Waals surface area contributed by atoms with Gasteiger partial charge in [0.25, 0.3) is 5.91 Å². The molecule has 3 N–H and O–H groups in total. The van der Waals surface area contributed by atoms with Crippen LogP contribution in [0.2, 0.25) is 0 Å². The summed E-state index contributed by atoms with van der Waals surface area (Å²) in [5.74, 6) is -1.29. The molecule has 0 unspecified atom stereocenters. The molecule has 0 saturated carbocycles. The zero-order valence-corrected chi connectivity index (χ0v) is 13.5. The van der Waals surface area contributed by atoms with Gasteiger partial charge in [-0.1, -0.05) is 0 Å². The van der Waals surface area contributed by atoms with E-state index in [9.17, 15) is 17.6 Å². The molecule has 8 heteroatoms. The third kappa shape index (κ3) is 3.99. The van der Waals surface area contributed by atoms with Crippen LogP contribution in [-0.4, -0.2) is 14.3 Å². The number of primary sulfonamides is 1. The molecule has 2 aromatic carbocycles. The van der Waals surface area contributed by atoms with Crippen LogP contribution in [0.25, 0.3) is 0 Å². The molecule has 5 nitrogen and oxygen atoms in total. The lowest BCUT2D eigenvalue weighted by Gasteiger charge is -2.08. The zero-order chi connectivity index (χ0) is 15.6. The van der Waals surface area contributed by atoms with E-state index in [-0.39, 0.29) is 10.6 Å². The molecule has 1 amide bonds. The first-order valence-corrected chi connectivity index (χ1v) is 8.29. The zero-order valence-electron chi connectivity index (χ0n) is 10.5. The number of hydrogen-bond donors (Lipinski definition) is 2. The summed E-state index contributed by atoms with van der Waals surface area (Å²) in [5, 5.41) is 7.29. The van der Waals surface area contributed by atoms with Crippen molar-refractivity contribution in [2.24, 2.45) is 5.14 Å². The second-order valence-corrected chi connectivity index (χ2v) is 6.95. The average Bonchev–Trinajstić information content (AvgIpc) is 2.40. The van der Waals surface area contributed by atoms with E-state index in [1.165, 1.54) is 0 Å². The predicted molar refractivity (Wildman–Crippen MR) is 84.9 cm³/mol. The third-order valence-corrected chi connectivity index (χ3v) is 4.25. The second kappa shape index (κ2) is 6.08. The monoisotopic (exact) mass is 420 g/mol. The summed E-state index contributed by atoms with van der Waals surface area (Å²) in [6.45, 7) is 0. The van der Waals surface area contributed by atoms with Crippen molar-refractivity contribution in [1.82, 2.24) is 0 Å². The van der Waals surface area contributed by atoms with Gasteiger partial charge in [0, 0.05) is 9.13 Å². The maximum atomic E-state index is 13.6. The van der Waals surface area contributed by atoms with Crippen molar-refractivity contribution in [3.8, 4) is 0 Å². The van der Waals surface area contributed by atoms with E-state index in [0.29, 0.717) is 5.56 Å². The number of sulfonamides is 1. The van der Waals surface area contributed by atoms with Crippen LogP contribution < -0.4 is 10.5 Å². The van der Waals surface area contributed by atoms with Gasteiger partial charge < -0.3 is 5.32 Å². The summed E-state index contributed by atoms with van der Waals surface area (Å²) in [4.78, 5) is 11.7. The predicted octanol–water partition coefficient (Wildman–Crippen LogP) is 2.33. The van der Waals surface area contributed by atoms with Gasteiger partial charge in [-0.05, 0) is 65.1 Å². The number of nitrogens with two attached hydrogens (primary N) is 1. The number of carbonyl (C=O) groups excluding carboxylic acids is 1. The summed E-state index contributed by atoms with van der Waals surface area (Å²) in [6, 6.07) is 9.57. The van der Waals surface area contributed by atoms with Crippen molar-refractivity contribution in [3.63, 3.8) is 0 Å². The van der Waals surface area contributed by atoms with Crippen molar-refractivity contribution >= 4 is 44.2 Å². The summed E-state index contributed by atoms with van der Waals surface area (Å²) in [6.07, 6.45) is 0. The summed E-state index contributed by atoms with van der Waals surface area (Å²) < 4.78 is 37.1. The highest BCUT2D eigenvalue weighted by Crippen LogP contribution is 2.19. The molecular weight excluding hydrogens is 410 g/mol. The Morgan fingerprint density at radius 3 is 2.33 bits per heavy atom. The highest BCUT2D eigenvalue weighted by molar-refractivity contribution is 14.1. The van der Waals surface area contributed by atoms with E-state index in [1.807, 2.05) is 0 Å². The second-order valence-electron chi connectivity index (χ2n) is 4.15. The summed E-state index contributed by atoms with van der Waals surface area (Å²) in [7, 11) is -3.97. The van der Waals surface area contributed by atoms with Crippen LogP contribution in [0.15, 0.2) is 47.4 Å². The molecule has 0 atom stereocenters. The Bertz CT molecular complexity index is 792. The number of halogens is 2. The van der Waals surface area contributed by atoms with Gasteiger partial charge in [0.2, 0.25) is 10.0 Å². The number of amides is 1. The Morgan fingerprint density at radius 2 is 1.76 bits per heavy atom. The van der Waals surface area contributed by atoms with Gasteiger partial charge in [-0.15, -0.1) is 0 Å². The van der Waals surface area contributed by atoms with Gasteiger partial charge in [0.1, 0.15) is 5.82 Å². The normalized spacial score (nSPS) is 11.2. The minimum Gasteiger partial charge on any atom is -0.319 e. The first-order chi connectivity index (χ1) is 9.77. The van der Waals surface area contributed by atoms with Crippen molar-refractivity contribution < 1.29 is 17.6 Å². The minimum atomic E-state index is -3.97. The fourth-order valence-electron chi connectivity index (χ4n) is 1.57. The molecule has 0 spiro atoms. The highest BCUT2D eigenvalue weighted by Gasteiger charge is 2.14. The molecule has 0 aromatic heterocycles. The lowest BCUT2D eigenvalue weighted by molar-refractivity contribution is 0.102. The van der Waals surface area contributed by atoms with Crippen LogP contribution in [0, 0.1) is 9.39 Å². The maximum absolute atomic E-state index is 13.6. The van der Waals surface area contributed by atoms with Crippen LogP contribution in [0.3, 0.4) is 0 Å². The molecule has 0 heterocycles. The molecule has 21 heavy (non-hydrogen) atoms. The first-order valence-electron chi connectivity index (χ1n) is 5.66. The molecule has 2 aromatic rings. The fraction of sp³-hybridized carbons (Fsp3) is 0. The molecule has 110 valence electrons. The molecule has 2 rings (SSSR count). The molecule has 0 aliphatic heterocycles. The average molecular weight is 420 g/mol. The van der Waals surface area contributed by atoms with Crippen molar-refractivity contribution in [3.05, 3.63) is 57.4 Å². The van der Waals surface area contributed by atoms with Crippen LogP contribution in [-0.2, 0) is 10.0 Å². The Balaban J connectivity index is 2.31. The Labute approximate surface area is 134 Å². The Morgan fingerprint density at radius 1 is 1.14 bits per heavy atom. The van der Waals surface area contributed by atoms with E-state index in [0.717, 1.165) is 21.8 Å². The number of nitrogens with one attached hydrogen (secondary N) is 1. The van der Waals surface area contributed by atoms with Gasteiger partial charge in [0.15, 0.2) is 0 Å². The minimum absolute atomic E-state index is 0.245. The quantitative estimate of drug-likeness (QED) is 0.748. The standard InChI is InChI=1S/C13H10FIN2O3S/c14-11-6-5-10(21(16,19)20)7-12(11)17-13(18)8-1-3-9(15)4-2-8/h1-7H,(H,17,18)(H2,16,19,20). The molecule has 0 aliphatic rings. The summed E-state index contributed by atoms with van der Waals surface area (Å²) in [5.41, 5.74) is 0.0842. The van der Waals surface area contributed by atoms with Crippen LogP contribution >= 0.6 is 22.6 Å². The Kier molecular flexibility index (Phi) is 4.59. The third-order valence-electron chi connectivity index (χ3n) is 2.62. The molecule has 0 saturated heterocycles. The van der Waals surface area contributed by atoms with E-state index in [4.69, 9.17) is 5.14 Å². The van der Waals surface area contributed by atoms with Crippen molar-refractivity contribution in [2.45, 2.75) is 4.90 Å². The van der Waals surface area contributed by atoms with Gasteiger partial charge in [-0.3, -0.25) is 4.79 Å². The summed E-state index contributed by atoms with van der Waals surface area (Å²) >= 11 is 2.09. The van der Waals surface area contributed by atoms with Crippen LogP contribution in [0.5, 0.6) is 0 Å². The van der Waals surface area contributed by atoms with Gasteiger partial charge in [0.05, 0.1) is 10.6 Å². The number of rotatable bonds is 3. The number of carbonyl (C=O) groups is 1. The van der Waals surface area contributed by atoms with Crippen LogP contribution in [0.1, 0.15) is 10.4 Å². The van der Waals surface area contributed by atoms with Crippen LogP contribution in [0.4, 0.5) is 10.1 Å². The van der Waals surface area contributed by atoms with Gasteiger partial charge in [-0.2, -0.15) is 0 Å². The number of benzene rings is 2. The first kappa shape index (κ1) is 15.9. The number of anilines is 1. The highest BCUT2D eigenvalue weighted by atomic mass is 127. The fourth-order valence-corrected chi connectivity index (χ4v) is 2.47. The lowest BCUT2D eigenvalue weighted by atomic mass is 10.2. The molecule has 0 bridgehead atoms. The molecular formula is C13H10FIN2O3S. The van der Waals surface area contributed by atoms with E-state index in [2.05, 4.69) is 27.9 Å². The molecule has 0 radical (unpaired) electrons. The SMILES string of the molecule is NS(=O)(=O)c1ccc(F)c(NC(=O)c2ccc(I)cc2)c1. The van der Waals surface area contributed by atoms with Gasteiger partial charge >= 0.3 is 0 Å². The molecule has 0 aliphatic carbocycles. The smallest absolute Gasteiger partial charge is 0.255 e. The van der Waals surface area contributed by atoms with Crippen molar-refractivity contribution in [2.75, 3.05) is 5.32 Å². The largest absolute Gasteiger partial charge is 0.319 e. The maximum Gasteiger partial charge on any atom is 0.255 e. The number of hydrogen-bond acceptors (Lipinski definition) is 3. The van der Waals surface area contributed by atoms with E-state index < -0.39 is 21.7 Å².